The van der Waals surface area contributed by atoms with Gasteiger partial charge in [-0.15, -0.1) is 11.3 Å². The van der Waals surface area contributed by atoms with Crippen LogP contribution >= 0.6 is 11.3 Å². The first-order chi connectivity index (χ1) is 31.6. The highest BCUT2D eigenvalue weighted by molar-refractivity contribution is 7.21. The van der Waals surface area contributed by atoms with Gasteiger partial charge in [-0.1, -0.05) is 0 Å². The largest absolute Gasteiger partial charge is 0.496 e. The van der Waals surface area contributed by atoms with Gasteiger partial charge in [0, 0.05) is 100 Å². The number of imide groups is 2. The first-order valence-corrected chi connectivity index (χ1v) is 23.4. The molecule has 0 radical (unpaired) electrons. The summed E-state index contributed by atoms with van der Waals surface area (Å²) in [6, 6.07) is 9.82. The smallest absolute Gasteiger partial charge is 0.262 e. The van der Waals surface area contributed by atoms with Crippen LogP contribution in [0.1, 0.15) is 80.9 Å². The van der Waals surface area contributed by atoms with Crippen LogP contribution in [0, 0.1) is 5.41 Å². The van der Waals surface area contributed by atoms with Gasteiger partial charge in [-0.3, -0.25) is 48.7 Å². The number of aromatic nitrogens is 1. The molecule has 6 heterocycles. The molecule has 1 atom stereocenters. The van der Waals surface area contributed by atoms with Crippen LogP contribution in [0.3, 0.4) is 0 Å². The number of carbonyl (C=O) groups excluding carboxylic acids is 6. The molecule has 18 heteroatoms. The number of nitrogens with one attached hydrogen (secondary N) is 2. The predicted molar refractivity (Wildman–Crippen MR) is 248 cm³/mol. The van der Waals surface area contributed by atoms with Gasteiger partial charge < -0.3 is 34.1 Å². The molecule has 4 aliphatic heterocycles. The van der Waals surface area contributed by atoms with Crippen molar-refractivity contribution in [1.29, 1.82) is 0 Å². The molecule has 17 nitrogen and oxygen atoms in total. The number of carbonyl (C=O) groups is 6. The molecule has 1 spiro atoms. The average Bonchev–Trinajstić information content (AvgIpc) is 3.85. The minimum atomic E-state index is -1.00. The van der Waals surface area contributed by atoms with Crippen molar-refractivity contribution in [2.24, 2.45) is 12.5 Å². The van der Waals surface area contributed by atoms with E-state index < -0.39 is 29.7 Å². The van der Waals surface area contributed by atoms with E-state index in [0.29, 0.717) is 67.5 Å². The first-order valence-electron chi connectivity index (χ1n) is 22.6. The number of nitrogens with zero attached hydrogens (tertiary/aromatic N) is 6. The minimum Gasteiger partial charge on any atom is -0.496 e. The second-order valence-corrected chi connectivity index (χ2v) is 19.7. The fraction of sp³-hybridized carbons (Fsp3) is 0.479. The van der Waals surface area contributed by atoms with Gasteiger partial charge in [0.1, 0.15) is 17.5 Å². The Labute approximate surface area is 386 Å². The van der Waals surface area contributed by atoms with Crippen molar-refractivity contribution < 1.29 is 38.2 Å². The highest BCUT2D eigenvalue weighted by Gasteiger charge is 2.47. The topological polar surface area (TPSA) is 183 Å². The van der Waals surface area contributed by atoms with E-state index in [9.17, 15) is 33.6 Å². The summed E-state index contributed by atoms with van der Waals surface area (Å²) in [4.78, 5) is 101. The van der Waals surface area contributed by atoms with E-state index in [1.165, 1.54) is 11.3 Å². The molecule has 3 saturated heterocycles. The molecule has 348 valence electrons. The zero-order valence-corrected chi connectivity index (χ0v) is 38.9. The Bertz CT molecular complexity index is 2680. The summed E-state index contributed by atoms with van der Waals surface area (Å²) in [5.41, 5.74) is 3.82. The lowest BCUT2D eigenvalue weighted by atomic mass is 9.60. The third kappa shape index (κ3) is 8.45. The van der Waals surface area contributed by atoms with Gasteiger partial charge in [0.15, 0.2) is 0 Å². The summed E-state index contributed by atoms with van der Waals surface area (Å²) in [6.07, 6.45) is 5.91. The number of piperazine rings is 1. The molecule has 4 aromatic rings. The maximum absolute atomic E-state index is 13.7. The van der Waals surface area contributed by atoms with Gasteiger partial charge in [-0.2, -0.15) is 0 Å². The van der Waals surface area contributed by atoms with Crippen LogP contribution in [0.5, 0.6) is 11.5 Å². The molecule has 2 N–H and O–H groups in total. The quantitative estimate of drug-likeness (QED) is 0.198. The first kappa shape index (κ1) is 45.1. The molecule has 1 aliphatic carbocycles. The summed E-state index contributed by atoms with van der Waals surface area (Å²) >= 11 is 1.31. The van der Waals surface area contributed by atoms with Gasteiger partial charge in [0.05, 0.1) is 41.2 Å². The number of methoxy groups -OCH3 is 2. The van der Waals surface area contributed by atoms with Crippen molar-refractivity contribution >= 4 is 62.6 Å². The van der Waals surface area contributed by atoms with E-state index >= 15 is 0 Å². The number of amides is 6. The van der Waals surface area contributed by atoms with Crippen LogP contribution < -0.4 is 30.6 Å². The van der Waals surface area contributed by atoms with Gasteiger partial charge in [0.2, 0.25) is 17.7 Å². The van der Waals surface area contributed by atoms with Crippen molar-refractivity contribution in [3.05, 3.63) is 74.5 Å². The number of rotatable bonds is 12. The second kappa shape index (κ2) is 17.9. The van der Waals surface area contributed by atoms with Gasteiger partial charge in [0.25, 0.3) is 23.3 Å². The van der Waals surface area contributed by atoms with E-state index in [1.54, 1.807) is 50.2 Å². The van der Waals surface area contributed by atoms with E-state index in [-0.39, 0.29) is 52.8 Å². The Balaban J connectivity index is 0.742. The fourth-order valence-corrected chi connectivity index (χ4v) is 11.5. The zero-order valence-electron chi connectivity index (χ0n) is 38.1. The standard InChI is InChI=1S/C48H56N8O9S/c1-51(2)26-35-37(64-4)20-28(21-38(35)65-5)34-27-52(3)45(61)33-23-39(66-42(33)34)44(60)49-29-24-48(25-29)11-14-55(15-12-48)41(58)10-13-53-16-18-54(19-17-53)30-6-7-31-32(22-30)47(63)56(46(31)62)36-8-9-40(57)50-43(36)59/h6-7,20-23,27,29,36H,8-19,24-26H2,1-5H3,(H,49,60)(H,50,57,59). The molecule has 4 fully saturated rings. The number of hydrogen-bond acceptors (Lipinski definition) is 13. The minimum absolute atomic E-state index is 0.0241. The average molecular weight is 921 g/mol. The zero-order chi connectivity index (χ0) is 46.6. The third-order valence-corrected chi connectivity index (χ3v) is 15.3. The number of thiophene rings is 1. The number of anilines is 1. The van der Waals surface area contributed by atoms with Crippen molar-refractivity contribution in [3.63, 3.8) is 0 Å². The Hall–Kier alpha value is -6.11. The number of hydrogen-bond donors (Lipinski definition) is 2. The lowest BCUT2D eigenvalue weighted by Gasteiger charge is -2.52. The SMILES string of the molecule is COc1cc(-c2cn(C)c(=O)c3cc(C(=O)NC4CC5(CCN(C(=O)CCN6CCN(c7ccc8c(c7)C(=O)N(C7CCC(=O)NC7=O)C8=O)CC6)CC5)C4)sc23)cc(OC)c1CN(C)C. The van der Waals surface area contributed by atoms with Crippen LogP contribution in [0.15, 0.2) is 47.4 Å². The summed E-state index contributed by atoms with van der Waals surface area (Å²) in [5.74, 6) is -0.772. The van der Waals surface area contributed by atoms with E-state index in [1.807, 2.05) is 42.1 Å². The molecule has 2 aromatic heterocycles. The molecule has 0 bridgehead atoms. The lowest BCUT2D eigenvalue weighted by molar-refractivity contribution is -0.137. The molecule has 1 unspecified atom stereocenters. The van der Waals surface area contributed by atoms with Crippen LogP contribution in [0.4, 0.5) is 5.69 Å². The van der Waals surface area contributed by atoms with Crippen LogP contribution in [-0.2, 0) is 28.0 Å². The maximum atomic E-state index is 13.7. The monoisotopic (exact) mass is 920 g/mol. The molecule has 9 rings (SSSR count). The lowest BCUT2D eigenvalue weighted by Crippen LogP contribution is -2.55. The molecule has 6 amide bonds. The number of likely N-dealkylation sites (tertiary alicyclic amines) is 1. The molecular formula is C48H56N8O9S. The summed E-state index contributed by atoms with van der Waals surface area (Å²) in [6.45, 7) is 5.52. The van der Waals surface area contributed by atoms with Crippen LogP contribution in [0.2, 0.25) is 0 Å². The number of ether oxygens (including phenoxy) is 2. The Morgan fingerprint density at radius 2 is 1.56 bits per heavy atom. The summed E-state index contributed by atoms with van der Waals surface area (Å²) in [7, 11) is 8.93. The number of piperidine rings is 2. The Morgan fingerprint density at radius 1 is 0.879 bits per heavy atom. The normalized spacial score (nSPS) is 20.0. The highest BCUT2D eigenvalue weighted by Crippen LogP contribution is 2.49. The van der Waals surface area contributed by atoms with Crippen molar-refractivity contribution in [2.75, 3.05) is 79.0 Å². The predicted octanol–water partition coefficient (Wildman–Crippen LogP) is 3.46. The highest BCUT2D eigenvalue weighted by atomic mass is 32.1. The maximum Gasteiger partial charge on any atom is 0.262 e. The Kier molecular flexibility index (Phi) is 12.2. The van der Waals surface area contributed by atoms with Crippen LogP contribution in [-0.4, -0.2) is 146 Å². The van der Waals surface area contributed by atoms with Gasteiger partial charge in [-0.05, 0) is 93.6 Å². The van der Waals surface area contributed by atoms with Gasteiger partial charge >= 0.3 is 0 Å². The fourth-order valence-electron chi connectivity index (χ4n) is 10.5. The third-order valence-electron chi connectivity index (χ3n) is 14.1. The molecule has 1 saturated carbocycles. The summed E-state index contributed by atoms with van der Waals surface area (Å²) < 4.78 is 13.8. The second-order valence-electron chi connectivity index (χ2n) is 18.6. The van der Waals surface area contributed by atoms with Crippen LogP contribution in [0.25, 0.3) is 21.2 Å². The van der Waals surface area contributed by atoms with Crippen molar-refractivity contribution in [1.82, 2.24) is 34.8 Å². The molecule has 5 aliphatic rings. The number of pyridine rings is 1. The number of aryl methyl sites for hydroxylation is 1. The molecule has 66 heavy (non-hydrogen) atoms. The van der Waals surface area contributed by atoms with Gasteiger partial charge in [-0.25, -0.2) is 0 Å². The van der Waals surface area contributed by atoms with E-state index in [0.717, 1.165) is 70.8 Å². The molecule has 2 aromatic carbocycles. The Morgan fingerprint density at radius 3 is 2.21 bits per heavy atom. The van der Waals surface area contributed by atoms with Crippen molar-refractivity contribution in [3.8, 4) is 22.6 Å². The van der Waals surface area contributed by atoms with Crippen molar-refractivity contribution in [2.45, 2.75) is 63.6 Å². The number of fused-ring (bicyclic) bond motifs is 2. The van der Waals surface area contributed by atoms with E-state index in [4.69, 9.17) is 9.47 Å². The summed E-state index contributed by atoms with van der Waals surface area (Å²) in [5, 5.41) is 5.95. The number of benzene rings is 2. The van der Waals surface area contributed by atoms with E-state index in [2.05, 4.69) is 20.4 Å². The molecular weight excluding hydrogens is 865 g/mol.